The number of carbonyl (C=O) groups excluding carboxylic acids is 1. The van der Waals surface area contributed by atoms with E-state index < -0.39 is 43.3 Å². The van der Waals surface area contributed by atoms with Crippen molar-refractivity contribution in [3.8, 4) is 0 Å². The zero-order valence-corrected chi connectivity index (χ0v) is 10.7. The standard InChI is InChI=1S/C9H17N3O8/c10-19-8(17)4-12(3-7(15)16)5(9(18)20-11)1-2-6(13)14/h5,9,18H,1-4H2,10-11H3/p+2. The molecule has 0 radical (unpaired) electrons. The molecule has 0 amide bonds. The predicted octanol–water partition coefficient (Wildman–Crippen LogP) is -4.20. The summed E-state index contributed by atoms with van der Waals surface area (Å²) in [7, 11) is 0. The van der Waals surface area contributed by atoms with Gasteiger partial charge in [-0.1, -0.05) is 0 Å². The quantitative estimate of drug-likeness (QED) is 0.196. The molecular weight excluding hydrogens is 278 g/mol. The fraction of sp³-hybridized carbons (Fsp3) is 0.667. The first-order valence-electron chi connectivity index (χ1n) is 5.53. The number of quaternary nitrogens is 2. The molecule has 0 fully saturated rings. The smallest absolute Gasteiger partial charge is 0.380 e. The van der Waals surface area contributed by atoms with Crippen molar-refractivity contribution in [3.05, 3.63) is 0 Å². The van der Waals surface area contributed by atoms with E-state index in [4.69, 9.17) is 10.2 Å². The van der Waals surface area contributed by atoms with Gasteiger partial charge in [0, 0.05) is 6.42 Å². The first kappa shape index (κ1) is 18.2. The molecule has 0 spiro atoms. The molecule has 0 heterocycles. The molecule has 0 bridgehead atoms. The maximum absolute atomic E-state index is 11.2. The van der Waals surface area contributed by atoms with Crippen molar-refractivity contribution in [2.24, 2.45) is 0 Å². The lowest BCUT2D eigenvalue weighted by molar-refractivity contribution is -0.719. The predicted molar refractivity (Wildman–Crippen MR) is 58.8 cm³/mol. The van der Waals surface area contributed by atoms with Crippen molar-refractivity contribution in [2.75, 3.05) is 13.1 Å². The molecule has 20 heavy (non-hydrogen) atoms. The summed E-state index contributed by atoms with van der Waals surface area (Å²) < 4.78 is 0. The topological polar surface area (TPSA) is 189 Å². The van der Waals surface area contributed by atoms with Gasteiger partial charge in [-0.2, -0.15) is 10.7 Å². The van der Waals surface area contributed by atoms with E-state index in [1.807, 2.05) is 0 Å². The van der Waals surface area contributed by atoms with Crippen LogP contribution in [0.5, 0.6) is 0 Å². The number of hydrogen-bond acceptors (Lipinski definition) is 7. The molecule has 0 aromatic carbocycles. The Morgan fingerprint density at radius 2 is 1.70 bits per heavy atom. The molecule has 0 aliphatic rings. The molecule has 0 aliphatic carbocycles. The highest BCUT2D eigenvalue weighted by Crippen LogP contribution is 2.12. The van der Waals surface area contributed by atoms with Crippen LogP contribution >= 0.6 is 0 Å². The largest absolute Gasteiger partial charge is 0.481 e. The van der Waals surface area contributed by atoms with Gasteiger partial charge in [-0.25, -0.2) is 10.7 Å². The highest BCUT2D eigenvalue weighted by molar-refractivity contribution is 5.73. The Bertz CT molecular complexity index is 350. The highest BCUT2D eigenvalue weighted by Gasteiger charge is 2.32. The lowest BCUT2D eigenvalue weighted by atomic mass is 10.1. The van der Waals surface area contributed by atoms with Gasteiger partial charge in [0.05, 0.1) is 12.6 Å². The first-order chi connectivity index (χ1) is 9.31. The Morgan fingerprint density at radius 1 is 1.10 bits per heavy atom. The molecule has 0 saturated heterocycles. The maximum atomic E-state index is 11.2. The highest BCUT2D eigenvalue weighted by atomic mass is 16.7. The third-order valence-electron chi connectivity index (χ3n) is 2.45. The number of carbonyl (C=O) groups is 3. The van der Waals surface area contributed by atoms with Gasteiger partial charge in [0.25, 0.3) is 0 Å². The molecule has 116 valence electrons. The number of aliphatic carboxylic acids is 2. The number of aliphatic hydroxyl groups excluding tert-OH is 1. The van der Waals surface area contributed by atoms with E-state index >= 15 is 0 Å². The summed E-state index contributed by atoms with van der Waals surface area (Å²) in [6, 6.07) is -1.04. The van der Waals surface area contributed by atoms with E-state index in [1.54, 1.807) is 0 Å². The Balaban J connectivity index is 4.99. The second-order valence-electron chi connectivity index (χ2n) is 3.87. The van der Waals surface area contributed by atoms with Gasteiger partial charge < -0.3 is 15.3 Å². The van der Waals surface area contributed by atoms with E-state index in [1.165, 1.54) is 0 Å². The van der Waals surface area contributed by atoms with Gasteiger partial charge >= 0.3 is 17.9 Å². The van der Waals surface area contributed by atoms with Crippen molar-refractivity contribution in [1.29, 1.82) is 0 Å². The SMILES string of the molecule is [NH3+]OC(=O)CN(CC(=O)O)C(CCC(=O)O)C(O)O[NH3+]. The monoisotopic (exact) mass is 297 g/mol. The number of carboxylic acids is 2. The van der Waals surface area contributed by atoms with Crippen molar-refractivity contribution in [2.45, 2.75) is 25.2 Å². The Morgan fingerprint density at radius 3 is 2.10 bits per heavy atom. The van der Waals surface area contributed by atoms with Crippen LogP contribution in [0.25, 0.3) is 0 Å². The summed E-state index contributed by atoms with van der Waals surface area (Å²) in [6.45, 7) is -1.10. The van der Waals surface area contributed by atoms with Crippen molar-refractivity contribution in [1.82, 2.24) is 4.90 Å². The van der Waals surface area contributed by atoms with Crippen LogP contribution in [0.2, 0.25) is 0 Å². The zero-order chi connectivity index (χ0) is 15.7. The van der Waals surface area contributed by atoms with Crippen LogP contribution in [0.1, 0.15) is 12.8 Å². The molecule has 0 rings (SSSR count). The van der Waals surface area contributed by atoms with Crippen molar-refractivity contribution < 1.29 is 51.2 Å². The average molecular weight is 297 g/mol. The number of aliphatic hydroxyl groups is 1. The Hall–Kier alpha value is -1.79. The summed E-state index contributed by atoms with van der Waals surface area (Å²) >= 11 is 0. The zero-order valence-electron chi connectivity index (χ0n) is 10.7. The lowest BCUT2D eigenvalue weighted by Crippen LogP contribution is -2.60. The second kappa shape index (κ2) is 9.17. The van der Waals surface area contributed by atoms with Gasteiger partial charge in [-0.3, -0.25) is 19.3 Å². The summed E-state index contributed by atoms with van der Waals surface area (Å²) in [6.07, 6.45) is -2.03. The fourth-order valence-corrected chi connectivity index (χ4v) is 1.56. The van der Waals surface area contributed by atoms with Gasteiger partial charge in [-0.05, 0) is 6.42 Å². The average Bonchev–Trinajstić information content (AvgIpc) is 2.37. The van der Waals surface area contributed by atoms with Crippen LogP contribution in [0.4, 0.5) is 0 Å². The van der Waals surface area contributed by atoms with E-state index in [0.29, 0.717) is 0 Å². The van der Waals surface area contributed by atoms with Gasteiger partial charge in [0.1, 0.15) is 6.54 Å². The minimum atomic E-state index is -1.55. The number of nitrogens with zero attached hydrogens (tertiary/aromatic N) is 1. The first-order valence-corrected chi connectivity index (χ1v) is 5.53. The summed E-state index contributed by atoms with van der Waals surface area (Å²) in [5, 5.41) is 27.0. The molecule has 9 N–H and O–H groups in total. The normalized spacial score (nSPS) is 13.8. The molecule has 2 atom stereocenters. The second-order valence-corrected chi connectivity index (χ2v) is 3.87. The maximum Gasteiger partial charge on any atom is 0.380 e. The number of hydrogen-bond donors (Lipinski definition) is 5. The van der Waals surface area contributed by atoms with Crippen molar-refractivity contribution >= 4 is 17.9 Å². The number of carboxylic acid groups (broad SMARTS) is 2. The molecule has 0 aliphatic heterocycles. The van der Waals surface area contributed by atoms with Crippen LogP contribution < -0.4 is 11.8 Å². The van der Waals surface area contributed by atoms with Crippen LogP contribution in [0.3, 0.4) is 0 Å². The summed E-state index contributed by atoms with van der Waals surface area (Å²) in [4.78, 5) is 42.1. The van der Waals surface area contributed by atoms with E-state index in [-0.39, 0.29) is 12.8 Å². The van der Waals surface area contributed by atoms with E-state index in [2.05, 4.69) is 21.5 Å². The van der Waals surface area contributed by atoms with E-state index in [9.17, 15) is 19.5 Å². The number of rotatable bonds is 10. The van der Waals surface area contributed by atoms with Gasteiger partial charge in [0.15, 0.2) is 0 Å². The molecule has 11 heteroatoms. The fourth-order valence-electron chi connectivity index (χ4n) is 1.56. The van der Waals surface area contributed by atoms with Crippen LogP contribution in [-0.2, 0) is 24.1 Å². The van der Waals surface area contributed by atoms with Gasteiger partial charge in [-0.15, -0.1) is 0 Å². The van der Waals surface area contributed by atoms with E-state index in [0.717, 1.165) is 4.90 Å². The van der Waals surface area contributed by atoms with Crippen molar-refractivity contribution in [3.63, 3.8) is 0 Å². The molecule has 2 unspecified atom stereocenters. The lowest BCUT2D eigenvalue weighted by Gasteiger charge is -2.30. The Kier molecular flexibility index (Phi) is 8.35. The molecule has 0 aromatic heterocycles. The molecular formula is C9H19N3O8+2. The molecule has 11 nitrogen and oxygen atoms in total. The van der Waals surface area contributed by atoms with Crippen LogP contribution in [-0.4, -0.2) is 63.5 Å². The third-order valence-corrected chi connectivity index (χ3v) is 2.45. The van der Waals surface area contributed by atoms with Gasteiger partial charge in [0.2, 0.25) is 6.29 Å². The third kappa shape index (κ3) is 6.96. The minimum Gasteiger partial charge on any atom is -0.481 e. The summed E-state index contributed by atoms with van der Waals surface area (Å²) in [5.74, 6) is 2.65. The molecule has 0 aromatic rings. The van der Waals surface area contributed by atoms with Crippen LogP contribution in [0, 0.1) is 0 Å². The van der Waals surface area contributed by atoms with Crippen LogP contribution in [0.15, 0.2) is 0 Å². The summed E-state index contributed by atoms with van der Waals surface area (Å²) in [5.41, 5.74) is 0. The minimum absolute atomic E-state index is 0.135. The molecule has 0 saturated carbocycles. The Labute approximate surface area is 113 Å².